The third-order valence-corrected chi connectivity index (χ3v) is 7.32. The van der Waals surface area contributed by atoms with Gasteiger partial charge in [0.25, 0.3) is 5.69 Å². The maximum Gasteiger partial charge on any atom is 0.269 e. The Hall–Kier alpha value is -2.80. The standard InChI is InChI=1S/C29H41NO6/c1-6-7-8-9-10-11-17-29(19-34-25-14-12-24(13-15-25)30(31)32)18-16-26-23(4)27(35-20-33-5)21(2)22(3)28(26)36-29/h12-15H,6-11,16-20H2,1-5H3. The van der Waals surface area contributed by atoms with E-state index < -0.39 is 10.5 Å². The molecule has 2 aromatic rings. The minimum atomic E-state index is -0.446. The second kappa shape index (κ2) is 12.9. The molecule has 1 aliphatic rings. The van der Waals surface area contributed by atoms with Crippen molar-refractivity contribution >= 4 is 5.69 Å². The van der Waals surface area contributed by atoms with Gasteiger partial charge in [-0.05, 0) is 75.3 Å². The first-order valence-corrected chi connectivity index (χ1v) is 13.1. The molecule has 0 aromatic heterocycles. The average Bonchev–Trinajstić information content (AvgIpc) is 2.88. The molecule has 1 atom stereocenters. The SMILES string of the molecule is CCCCCCCCC1(COc2ccc([N+](=O)[O-])cc2)CCc2c(C)c(OCOC)c(C)c(C)c2O1. The fraction of sp³-hybridized carbons (Fsp3) is 0.586. The number of hydrogen-bond acceptors (Lipinski definition) is 6. The minimum Gasteiger partial charge on any atom is -0.489 e. The van der Waals surface area contributed by atoms with Crippen LogP contribution in [0.15, 0.2) is 24.3 Å². The van der Waals surface area contributed by atoms with Crippen molar-refractivity contribution in [3.63, 3.8) is 0 Å². The normalized spacial score (nSPS) is 16.8. The molecule has 0 N–H and O–H groups in total. The second-order valence-corrected chi connectivity index (χ2v) is 9.91. The Morgan fingerprint density at radius 2 is 1.67 bits per heavy atom. The van der Waals surface area contributed by atoms with E-state index in [1.165, 1.54) is 49.8 Å². The highest BCUT2D eigenvalue weighted by molar-refractivity contribution is 5.59. The molecule has 198 valence electrons. The van der Waals surface area contributed by atoms with E-state index in [9.17, 15) is 10.1 Å². The van der Waals surface area contributed by atoms with Crippen molar-refractivity contribution in [3.8, 4) is 17.2 Å². The van der Waals surface area contributed by atoms with Crippen LogP contribution in [0.1, 0.15) is 80.5 Å². The zero-order valence-corrected chi connectivity index (χ0v) is 22.5. The first kappa shape index (κ1) is 27.8. The fourth-order valence-corrected chi connectivity index (χ4v) is 5.01. The molecule has 3 rings (SSSR count). The number of non-ortho nitro benzene ring substituents is 1. The van der Waals surface area contributed by atoms with Gasteiger partial charge in [0.05, 0.1) is 4.92 Å². The minimum absolute atomic E-state index is 0.0556. The van der Waals surface area contributed by atoms with Crippen LogP contribution in [-0.4, -0.2) is 31.0 Å². The van der Waals surface area contributed by atoms with Gasteiger partial charge in [-0.3, -0.25) is 10.1 Å². The number of ether oxygens (including phenoxy) is 4. The first-order valence-electron chi connectivity index (χ1n) is 13.1. The van der Waals surface area contributed by atoms with Crippen LogP contribution in [0.5, 0.6) is 17.2 Å². The molecule has 0 amide bonds. The Kier molecular flexibility index (Phi) is 9.99. The van der Waals surface area contributed by atoms with Crippen molar-refractivity contribution in [1.29, 1.82) is 0 Å². The Morgan fingerprint density at radius 1 is 0.972 bits per heavy atom. The van der Waals surface area contributed by atoms with Gasteiger partial charge >= 0.3 is 0 Å². The number of fused-ring (bicyclic) bond motifs is 1. The lowest BCUT2D eigenvalue weighted by Crippen LogP contribution is -2.45. The molecule has 0 radical (unpaired) electrons. The van der Waals surface area contributed by atoms with Gasteiger partial charge in [0.15, 0.2) is 6.79 Å². The Morgan fingerprint density at radius 3 is 2.33 bits per heavy atom. The molecule has 0 saturated carbocycles. The molecule has 1 aliphatic heterocycles. The molecule has 0 aliphatic carbocycles. The summed E-state index contributed by atoms with van der Waals surface area (Å²) in [6, 6.07) is 6.27. The van der Waals surface area contributed by atoms with Gasteiger partial charge in [0.1, 0.15) is 29.5 Å². The summed E-state index contributed by atoms with van der Waals surface area (Å²) >= 11 is 0. The van der Waals surface area contributed by atoms with Crippen molar-refractivity contribution < 1.29 is 23.9 Å². The van der Waals surface area contributed by atoms with Gasteiger partial charge in [0.2, 0.25) is 0 Å². The van der Waals surface area contributed by atoms with Crippen molar-refractivity contribution in [1.82, 2.24) is 0 Å². The lowest BCUT2D eigenvalue weighted by molar-refractivity contribution is -0.384. The number of nitro groups is 1. The number of hydrogen-bond donors (Lipinski definition) is 0. The Labute approximate surface area is 215 Å². The largest absolute Gasteiger partial charge is 0.489 e. The Bertz CT molecular complexity index is 1020. The summed E-state index contributed by atoms with van der Waals surface area (Å²) in [5.74, 6) is 2.44. The summed E-state index contributed by atoms with van der Waals surface area (Å²) in [5, 5.41) is 11.0. The number of unbranched alkanes of at least 4 members (excludes halogenated alkanes) is 5. The lowest BCUT2D eigenvalue weighted by atomic mass is 9.83. The predicted molar refractivity (Wildman–Crippen MR) is 141 cm³/mol. The van der Waals surface area contributed by atoms with Crippen molar-refractivity contribution in [2.24, 2.45) is 0 Å². The van der Waals surface area contributed by atoms with Crippen LogP contribution in [0, 0.1) is 30.9 Å². The van der Waals surface area contributed by atoms with Crippen LogP contribution in [0.3, 0.4) is 0 Å². The van der Waals surface area contributed by atoms with Crippen LogP contribution in [0.4, 0.5) is 5.69 Å². The van der Waals surface area contributed by atoms with Crippen LogP contribution in [0.25, 0.3) is 0 Å². The van der Waals surface area contributed by atoms with E-state index in [-0.39, 0.29) is 12.5 Å². The topological polar surface area (TPSA) is 80.1 Å². The van der Waals surface area contributed by atoms with E-state index in [4.69, 9.17) is 18.9 Å². The fourth-order valence-electron chi connectivity index (χ4n) is 5.01. The highest BCUT2D eigenvalue weighted by Crippen LogP contribution is 2.45. The van der Waals surface area contributed by atoms with E-state index in [0.29, 0.717) is 12.4 Å². The number of nitro benzene ring substituents is 1. The van der Waals surface area contributed by atoms with Crippen LogP contribution in [-0.2, 0) is 11.2 Å². The number of rotatable bonds is 14. The molecule has 7 nitrogen and oxygen atoms in total. The van der Waals surface area contributed by atoms with Gasteiger partial charge in [-0.1, -0.05) is 39.0 Å². The second-order valence-electron chi connectivity index (χ2n) is 9.91. The maximum atomic E-state index is 11.0. The molecule has 2 aromatic carbocycles. The van der Waals surface area contributed by atoms with Gasteiger partial charge in [0, 0.05) is 24.8 Å². The lowest BCUT2D eigenvalue weighted by Gasteiger charge is -2.40. The van der Waals surface area contributed by atoms with Crippen LogP contribution in [0.2, 0.25) is 0 Å². The van der Waals surface area contributed by atoms with E-state index >= 15 is 0 Å². The molecule has 0 spiro atoms. The average molecular weight is 500 g/mol. The molecule has 1 heterocycles. The molecule has 0 fully saturated rings. The van der Waals surface area contributed by atoms with E-state index in [0.717, 1.165) is 53.9 Å². The summed E-state index contributed by atoms with van der Waals surface area (Å²) in [5.41, 5.74) is 4.06. The van der Waals surface area contributed by atoms with Gasteiger partial charge in [-0.15, -0.1) is 0 Å². The molecule has 0 bridgehead atoms. The molecular weight excluding hydrogens is 458 g/mol. The summed E-state index contributed by atoms with van der Waals surface area (Å²) < 4.78 is 24.1. The summed E-state index contributed by atoms with van der Waals surface area (Å²) in [7, 11) is 1.63. The van der Waals surface area contributed by atoms with Gasteiger partial charge in [-0.2, -0.15) is 0 Å². The zero-order valence-electron chi connectivity index (χ0n) is 22.5. The number of nitrogens with zero attached hydrogens (tertiary/aromatic N) is 1. The van der Waals surface area contributed by atoms with E-state index in [1.54, 1.807) is 19.2 Å². The van der Waals surface area contributed by atoms with Crippen molar-refractivity contribution in [2.45, 2.75) is 91.1 Å². The van der Waals surface area contributed by atoms with E-state index in [2.05, 4.69) is 27.7 Å². The smallest absolute Gasteiger partial charge is 0.269 e. The predicted octanol–water partition coefficient (Wildman–Crippen LogP) is 7.40. The number of methoxy groups -OCH3 is 1. The molecular formula is C29H41NO6. The van der Waals surface area contributed by atoms with Gasteiger partial charge in [-0.25, -0.2) is 0 Å². The molecule has 36 heavy (non-hydrogen) atoms. The van der Waals surface area contributed by atoms with Crippen LogP contribution >= 0.6 is 0 Å². The van der Waals surface area contributed by atoms with E-state index in [1.807, 2.05) is 0 Å². The Balaban J connectivity index is 1.82. The zero-order chi connectivity index (χ0) is 26.1. The third-order valence-electron chi connectivity index (χ3n) is 7.32. The van der Waals surface area contributed by atoms with Crippen molar-refractivity contribution in [2.75, 3.05) is 20.5 Å². The summed E-state index contributed by atoms with van der Waals surface area (Å²) in [6.45, 7) is 9.09. The molecule has 7 heteroatoms. The third kappa shape index (κ3) is 6.69. The molecule has 1 unspecified atom stereocenters. The first-order chi connectivity index (χ1) is 17.3. The van der Waals surface area contributed by atoms with Crippen LogP contribution < -0.4 is 14.2 Å². The quantitative estimate of drug-likeness (QED) is 0.117. The molecule has 0 saturated heterocycles. The summed E-state index contributed by atoms with van der Waals surface area (Å²) in [6.07, 6.45) is 9.91. The monoisotopic (exact) mass is 499 g/mol. The van der Waals surface area contributed by atoms with Crippen molar-refractivity contribution in [3.05, 3.63) is 56.6 Å². The summed E-state index contributed by atoms with van der Waals surface area (Å²) in [4.78, 5) is 10.6. The van der Waals surface area contributed by atoms with Gasteiger partial charge < -0.3 is 18.9 Å². The maximum absolute atomic E-state index is 11.0. The highest BCUT2D eigenvalue weighted by atomic mass is 16.7. The highest BCUT2D eigenvalue weighted by Gasteiger charge is 2.39. The number of benzene rings is 2.